The van der Waals surface area contributed by atoms with Crippen LogP contribution in [-0.2, 0) is 0 Å². The van der Waals surface area contributed by atoms with Crippen LogP contribution >= 0.6 is 0 Å². The van der Waals surface area contributed by atoms with Gasteiger partial charge in [0.15, 0.2) is 0 Å². The van der Waals surface area contributed by atoms with Crippen LogP contribution in [0.1, 0.15) is 0 Å². The van der Waals surface area contributed by atoms with Crippen molar-refractivity contribution >= 4 is 18.8 Å². The summed E-state index contributed by atoms with van der Waals surface area (Å²) in [4.78, 5) is 11.6. The molecule has 1 unspecified atom stereocenters. The predicted octanol–water partition coefficient (Wildman–Crippen LogP) is 0.322. The highest BCUT2D eigenvalue weighted by molar-refractivity contribution is 5.94. The first-order valence-electron chi connectivity index (χ1n) is 2.86. The predicted molar refractivity (Wildman–Crippen MR) is 38.9 cm³/mol. The van der Waals surface area contributed by atoms with Crippen molar-refractivity contribution in [2.45, 2.75) is 5.66 Å². The number of nitrogens with zero attached hydrogens (tertiary/aromatic N) is 3. The molecule has 0 aromatic carbocycles. The van der Waals surface area contributed by atoms with Crippen LogP contribution in [0.15, 0.2) is 26.8 Å². The Hall–Kier alpha value is -1.45. The van der Waals surface area contributed by atoms with Gasteiger partial charge in [-0.15, -0.1) is 0 Å². The van der Waals surface area contributed by atoms with E-state index in [2.05, 4.69) is 15.0 Å². The van der Waals surface area contributed by atoms with Crippen molar-refractivity contribution in [3.8, 4) is 0 Å². The summed E-state index contributed by atoms with van der Waals surface area (Å²) in [7, 11) is 0. The van der Waals surface area contributed by atoms with Crippen molar-refractivity contribution in [3.63, 3.8) is 0 Å². The van der Waals surface area contributed by atoms with Crippen molar-refractivity contribution in [1.82, 2.24) is 0 Å². The van der Waals surface area contributed by atoms with Crippen LogP contribution in [-0.4, -0.2) is 29.5 Å². The first-order valence-corrected chi connectivity index (χ1v) is 2.86. The van der Waals surface area contributed by atoms with Gasteiger partial charge in [0.1, 0.15) is 12.1 Å². The van der Waals surface area contributed by atoms with E-state index in [0.29, 0.717) is 0 Å². The standard InChI is InChI=1S/C6H5N3O/c10-5-1-6(8-2-5)3-7-4-9-6/h1-4,10H. The van der Waals surface area contributed by atoms with Crippen LogP contribution < -0.4 is 0 Å². The average molecular weight is 135 g/mol. The number of aliphatic hydroxyl groups is 1. The monoisotopic (exact) mass is 135 g/mol. The second-order valence-corrected chi connectivity index (χ2v) is 2.13. The fraction of sp³-hybridized carbons (Fsp3) is 0.167. The van der Waals surface area contributed by atoms with Gasteiger partial charge in [0.05, 0.1) is 12.4 Å². The molecule has 0 bridgehead atoms. The highest BCUT2D eigenvalue weighted by Crippen LogP contribution is 2.20. The molecular weight excluding hydrogens is 130 g/mol. The molecule has 0 saturated heterocycles. The Morgan fingerprint density at radius 2 is 2.30 bits per heavy atom. The lowest BCUT2D eigenvalue weighted by Gasteiger charge is -2.05. The molecule has 0 fully saturated rings. The number of aliphatic hydroxyl groups excluding tert-OH is 1. The van der Waals surface area contributed by atoms with Gasteiger partial charge in [-0.25, -0.2) is 15.0 Å². The summed E-state index contributed by atoms with van der Waals surface area (Å²) in [5.74, 6) is 0.144. The fourth-order valence-electron chi connectivity index (χ4n) is 0.905. The largest absolute Gasteiger partial charge is 0.507 e. The van der Waals surface area contributed by atoms with Gasteiger partial charge in [-0.05, 0) is 0 Å². The van der Waals surface area contributed by atoms with Gasteiger partial charge in [-0.1, -0.05) is 0 Å². The summed E-state index contributed by atoms with van der Waals surface area (Å²) in [6.45, 7) is 0. The van der Waals surface area contributed by atoms with Crippen LogP contribution in [0, 0.1) is 0 Å². The normalized spacial score (nSPS) is 34.2. The van der Waals surface area contributed by atoms with Gasteiger partial charge in [-0.2, -0.15) is 0 Å². The molecule has 1 atom stereocenters. The molecule has 0 radical (unpaired) electrons. The Balaban J connectivity index is 2.44. The van der Waals surface area contributed by atoms with Crippen LogP contribution in [0.2, 0.25) is 0 Å². The van der Waals surface area contributed by atoms with E-state index in [0.717, 1.165) is 0 Å². The highest BCUT2D eigenvalue weighted by atomic mass is 16.3. The molecular formula is C6H5N3O. The molecule has 50 valence electrons. The number of aliphatic imine (C=N–C) groups is 3. The fourth-order valence-corrected chi connectivity index (χ4v) is 0.905. The first kappa shape index (κ1) is 5.34. The van der Waals surface area contributed by atoms with Crippen LogP contribution in [0.5, 0.6) is 0 Å². The molecule has 4 heteroatoms. The van der Waals surface area contributed by atoms with Crippen molar-refractivity contribution in [2.75, 3.05) is 0 Å². The summed E-state index contributed by atoms with van der Waals surface area (Å²) in [6.07, 6.45) is 5.91. The lowest BCUT2D eigenvalue weighted by Crippen LogP contribution is -2.16. The minimum atomic E-state index is -0.704. The SMILES string of the molecule is OC1=CC2(C=NC=N2)N=C1. The van der Waals surface area contributed by atoms with E-state index >= 15 is 0 Å². The molecule has 0 aromatic heterocycles. The third-order valence-corrected chi connectivity index (χ3v) is 1.36. The Bertz CT molecular complexity index is 263. The zero-order chi connectivity index (χ0) is 7.03. The molecule has 0 aliphatic carbocycles. The van der Waals surface area contributed by atoms with E-state index in [1.165, 1.54) is 12.6 Å². The first-order chi connectivity index (χ1) is 4.81. The second kappa shape index (κ2) is 1.53. The Kier molecular flexibility index (Phi) is 0.818. The average Bonchev–Trinajstić information content (AvgIpc) is 2.46. The molecule has 1 spiro atoms. The lowest BCUT2D eigenvalue weighted by molar-refractivity contribution is 0.445. The Morgan fingerprint density at radius 1 is 1.40 bits per heavy atom. The van der Waals surface area contributed by atoms with Gasteiger partial charge >= 0.3 is 0 Å². The van der Waals surface area contributed by atoms with Gasteiger partial charge < -0.3 is 5.11 Å². The van der Waals surface area contributed by atoms with E-state index in [1.54, 1.807) is 12.3 Å². The van der Waals surface area contributed by atoms with E-state index in [4.69, 9.17) is 5.11 Å². The van der Waals surface area contributed by atoms with E-state index in [-0.39, 0.29) is 5.76 Å². The molecule has 2 aliphatic heterocycles. The molecule has 10 heavy (non-hydrogen) atoms. The molecule has 2 heterocycles. The van der Waals surface area contributed by atoms with Gasteiger partial charge in [-0.3, -0.25) is 0 Å². The zero-order valence-electron chi connectivity index (χ0n) is 5.10. The number of hydrogen-bond acceptors (Lipinski definition) is 4. The molecule has 2 aliphatic rings. The molecule has 2 rings (SSSR count). The van der Waals surface area contributed by atoms with Crippen molar-refractivity contribution in [2.24, 2.45) is 15.0 Å². The summed E-state index contributed by atoms with van der Waals surface area (Å²) in [5.41, 5.74) is -0.704. The lowest BCUT2D eigenvalue weighted by atomic mass is 10.2. The summed E-state index contributed by atoms with van der Waals surface area (Å²) >= 11 is 0. The number of rotatable bonds is 0. The Labute approximate surface area is 57.3 Å². The maximum atomic E-state index is 8.93. The van der Waals surface area contributed by atoms with Crippen molar-refractivity contribution in [1.29, 1.82) is 0 Å². The summed E-state index contributed by atoms with van der Waals surface area (Å²) < 4.78 is 0. The molecule has 0 amide bonds. The van der Waals surface area contributed by atoms with Crippen LogP contribution in [0.4, 0.5) is 0 Å². The second-order valence-electron chi connectivity index (χ2n) is 2.13. The minimum absolute atomic E-state index is 0.144. The molecule has 0 saturated carbocycles. The quantitative estimate of drug-likeness (QED) is 0.511. The van der Waals surface area contributed by atoms with E-state index in [9.17, 15) is 0 Å². The van der Waals surface area contributed by atoms with Crippen LogP contribution in [0.3, 0.4) is 0 Å². The minimum Gasteiger partial charge on any atom is -0.507 e. The smallest absolute Gasteiger partial charge is 0.210 e. The van der Waals surface area contributed by atoms with Gasteiger partial charge in [0.2, 0.25) is 5.66 Å². The summed E-state index contributed by atoms with van der Waals surface area (Å²) in [6, 6.07) is 0. The maximum Gasteiger partial charge on any atom is 0.210 e. The highest BCUT2D eigenvalue weighted by Gasteiger charge is 2.29. The number of hydrogen-bond donors (Lipinski definition) is 1. The zero-order valence-corrected chi connectivity index (χ0v) is 5.10. The summed E-state index contributed by atoms with van der Waals surface area (Å²) in [5, 5.41) is 8.93. The van der Waals surface area contributed by atoms with Crippen LogP contribution in [0.25, 0.3) is 0 Å². The third-order valence-electron chi connectivity index (χ3n) is 1.36. The van der Waals surface area contributed by atoms with Gasteiger partial charge in [0, 0.05) is 6.08 Å². The maximum absolute atomic E-state index is 8.93. The number of allylic oxidation sites excluding steroid dienone is 1. The van der Waals surface area contributed by atoms with Gasteiger partial charge in [0.25, 0.3) is 0 Å². The molecule has 1 N–H and O–H groups in total. The Morgan fingerprint density at radius 3 is 2.80 bits per heavy atom. The van der Waals surface area contributed by atoms with E-state index < -0.39 is 5.66 Å². The molecule has 0 aromatic rings. The van der Waals surface area contributed by atoms with Crippen molar-refractivity contribution < 1.29 is 5.11 Å². The topological polar surface area (TPSA) is 57.3 Å². The van der Waals surface area contributed by atoms with Crippen molar-refractivity contribution in [3.05, 3.63) is 11.8 Å². The third kappa shape index (κ3) is 0.586. The van der Waals surface area contributed by atoms with E-state index in [1.807, 2.05) is 0 Å². The molecule has 4 nitrogen and oxygen atoms in total.